The zero-order chi connectivity index (χ0) is 40.0. The lowest BCUT2D eigenvalue weighted by molar-refractivity contribution is -0.870. The first-order chi connectivity index (χ1) is 26.0. The fourth-order valence-electron chi connectivity index (χ4n) is 6.27. The minimum atomic E-state index is -4.56. The Bertz CT molecular complexity index is 980. The molecule has 0 aromatic heterocycles. The smallest absolute Gasteiger partial charge is 0.268 e. The molecule has 3 atom stereocenters. The van der Waals surface area contributed by atoms with Gasteiger partial charge < -0.3 is 28.8 Å². The molecule has 2 N–H and O–H groups in total. The van der Waals surface area contributed by atoms with E-state index in [1.165, 1.54) is 148 Å². The van der Waals surface area contributed by atoms with Crippen molar-refractivity contribution in [2.24, 2.45) is 0 Å². The Kier molecular flexibility index (Phi) is 36.4. The van der Waals surface area contributed by atoms with Gasteiger partial charge in [-0.1, -0.05) is 185 Å². The van der Waals surface area contributed by atoms with E-state index in [0.29, 0.717) is 11.0 Å². The van der Waals surface area contributed by atoms with Crippen LogP contribution in [0, 0.1) is 0 Å². The van der Waals surface area contributed by atoms with Gasteiger partial charge in [0.05, 0.1) is 39.9 Å². The van der Waals surface area contributed by atoms with E-state index < -0.39 is 26.6 Å². The maximum absolute atomic E-state index is 12.2. The summed E-state index contributed by atoms with van der Waals surface area (Å²) in [5, 5.41) is 13.2. The number of carbonyl (C=O) groups is 1. The number of hydrogen-bond acceptors (Lipinski definition) is 6. The first-order valence-corrected chi connectivity index (χ1v) is 23.8. The molecule has 0 aromatic carbocycles. The van der Waals surface area contributed by atoms with Crippen LogP contribution in [-0.4, -0.2) is 68.5 Å². The molecule has 0 fully saturated rings. The summed E-state index contributed by atoms with van der Waals surface area (Å²) in [4.78, 5) is 24.1. The van der Waals surface area contributed by atoms with E-state index in [1.807, 2.05) is 27.2 Å². The monoisotopic (exact) mass is 783 g/mol. The fraction of sp³-hybridized carbons (Fsp3) is 0.844. The van der Waals surface area contributed by atoms with E-state index in [-0.39, 0.29) is 18.9 Å². The lowest BCUT2D eigenvalue weighted by Crippen LogP contribution is -2.45. The van der Waals surface area contributed by atoms with Crippen molar-refractivity contribution in [2.45, 2.75) is 206 Å². The highest BCUT2D eigenvalue weighted by atomic mass is 31.2. The van der Waals surface area contributed by atoms with E-state index in [9.17, 15) is 19.4 Å². The number of amides is 1. The van der Waals surface area contributed by atoms with E-state index in [2.05, 4.69) is 36.5 Å². The number of quaternary nitrogens is 1. The number of phosphoric acid groups is 1. The Hall–Kier alpha value is -1.28. The summed E-state index contributed by atoms with van der Waals surface area (Å²) >= 11 is 0. The normalized spacial score (nSPS) is 14.7. The summed E-state index contributed by atoms with van der Waals surface area (Å²) < 4.78 is 22.6. The second kappa shape index (κ2) is 37.3. The van der Waals surface area contributed by atoms with Crippen LogP contribution in [0.5, 0.6) is 0 Å². The highest BCUT2D eigenvalue weighted by molar-refractivity contribution is 7.45. The van der Waals surface area contributed by atoms with Gasteiger partial charge >= 0.3 is 0 Å². The Balaban J connectivity index is 3.75. The standard InChI is InChI=1S/C45H87N2O6P/c1-6-8-9-10-11-12-13-14-15-16-17-18-19-20-21-22-23-24-25-26-27-28-29-30-31-32-33-34-35-36-37-38-39-44(48)43(46-45(49)7-2)42-53-54(50,51)52-41-40-47(3,4)5/h30-31,34-35,38-39,43-44,48H,6-29,32-33,36-37,40-42H2,1-5H3,(H-,46,49,50,51)/b31-30+,35-34+,39-38+. The van der Waals surface area contributed by atoms with Crippen LogP contribution in [0.3, 0.4) is 0 Å². The van der Waals surface area contributed by atoms with Crippen LogP contribution in [0.1, 0.15) is 194 Å². The zero-order valence-corrected chi connectivity index (χ0v) is 36.8. The van der Waals surface area contributed by atoms with Crippen LogP contribution in [0.25, 0.3) is 0 Å². The molecule has 3 unspecified atom stereocenters. The van der Waals surface area contributed by atoms with Crippen molar-refractivity contribution in [1.29, 1.82) is 0 Å². The molecule has 0 spiro atoms. The quantitative estimate of drug-likeness (QED) is 0.0277. The molecule has 0 aromatic rings. The van der Waals surface area contributed by atoms with E-state index in [4.69, 9.17) is 9.05 Å². The second-order valence-electron chi connectivity index (χ2n) is 16.3. The first kappa shape index (κ1) is 52.7. The summed E-state index contributed by atoms with van der Waals surface area (Å²) in [6, 6.07) is -0.904. The van der Waals surface area contributed by atoms with Crippen LogP contribution in [0.2, 0.25) is 0 Å². The Morgan fingerprint density at radius 2 is 1.02 bits per heavy atom. The van der Waals surface area contributed by atoms with Crippen LogP contribution in [0.4, 0.5) is 0 Å². The third-order valence-corrected chi connectivity index (χ3v) is 10.9. The summed E-state index contributed by atoms with van der Waals surface area (Å²) in [7, 11) is 1.22. The molecule has 8 nitrogen and oxygen atoms in total. The maximum atomic E-state index is 12.2. The number of nitrogens with one attached hydrogen (secondary N) is 1. The average molecular weight is 783 g/mol. The first-order valence-electron chi connectivity index (χ1n) is 22.4. The molecule has 0 saturated heterocycles. The van der Waals surface area contributed by atoms with Crippen LogP contribution in [0.15, 0.2) is 36.5 Å². The van der Waals surface area contributed by atoms with Gasteiger partial charge in [0.25, 0.3) is 7.82 Å². The SMILES string of the molecule is CCCCCCCCCCCCCCCCCCCCCCCC/C=C/CC/C=C/CC/C=C/C(O)C(COP(=O)([O-])OCC[N+](C)(C)C)NC(=O)CC. The van der Waals surface area contributed by atoms with Crippen molar-refractivity contribution in [1.82, 2.24) is 5.32 Å². The van der Waals surface area contributed by atoms with E-state index in [1.54, 1.807) is 13.0 Å². The molecule has 0 radical (unpaired) electrons. The van der Waals surface area contributed by atoms with Gasteiger partial charge in [0, 0.05) is 6.42 Å². The van der Waals surface area contributed by atoms with Gasteiger partial charge in [-0.2, -0.15) is 0 Å². The van der Waals surface area contributed by atoms with Crippen molar-refractivity contribution in [3.63, 3.8) is 0 Å². The van der Waals surface area contributed by atoms with Crippen molar-refractivity contribution in [3.8, 4) is 0 Å². The number of nitrogens with zero attached hydrogens (tertiary/aromatic N) is 1. The number of rotatable bonds is 40. The van der Waals surface area contributed by atoms with Gasteiger partial charge in [0.2, 0.25) is 5.91 Å². The predicted octanol–water partition coefficient (Wildman–Crippen LogP) is 11.7. The molecule has 0 aliphatic heterocycles. The minimum absolute atomic E-state index is 0.0117. The Labute approximate surface area is 334 Å². The lowest BCUT2D eigenvalue weighted by Gasteiger charge is -2.29. The molecule has 1 amide bonds. The number of hydrogen-bond donors (Lipinski definition) is 2. The van der Waals surface area contributed by atoms with E-state index in [0.717, 1.165) is 25.7 Å². The van der Waals surface area contributed by atoms with Crippen LogP contribution in [-0.2, 0) is 18.4 Å². The number of unbranched alkanes of at least 4 members (excludes halogenated alkanes) is 24. The fourth-order valence-corrected chi connectivity index (χ4v) is 6.99. The van der Waals surface area contributed by atoms with Gasteiger partial charge in [-0.3, -0.25) is 9.36 Å². The van der Waals surface area contributed by atoms with Gasteiger partial charge in [-0.25, -0.2) is 0 Å². The third-order valence-electron chi connectivity index (χ3n) is 9.89. The van der Waals surface area contributed by atoms with Crippen molar-refractivity contribution in [3.05, 3.63) is 36.5 Å². The molecule has 0 aliphatic carbocycles. The van der Waals surface area contributed by atoms with Gasteiger partial charge in [0.15, 0.2) is 0 Å². The molecular weight excluding hydrogens is 695 g/mol. The Morgan fingerprint density at radius 3 is 1.43 bits per heavy atom. The van der Waals surface area contributed by atoms with Gasteiger partial charge in [0.1, 0.15) is 13.2 Å². The molecule has 0 rings (SSSR count). The molecule has 0 bridgehead atoms. The van der Waals surface area contributed by atoms with Gasteiger partial charge in [-0.15, -0.1) is 0 Å². The highest BCUT2D eigenvalue weighted by Gasteiger charge is 2.22. The summed E-state index contributed by atoms with van der Waals surface area (Å²) in [5.41, 5.74) is 0. The summed E-state index contributed by atoms with van der Waals surface area (Å²) in [5.74, 6) is -0.300. The second-order valence-corrected chi connectivity index (χ2v) is 17.8. The van der Waals surface area contributed by atoms with Crippen molar-refractivity contribution in [2.75, 3.05) is 40.9 Å². The molecule has 318 valence electrons. The largest absolute Gasteiger partial charge is 0.756 e. The maximum Gasteiger partial charge on any atom is 0.268 e. The average Bonchev–Trinajstić information content (AvgIpc) is 3.12. The predicted molar refractivity (Wildman–Crippen MR) is 228 cm³/mol. The number of allylic oxidation sites excluding steroid dienone is 5. The molecule has 54 heavy (non-hydrogen) atoms. The van der Waals surface area contributed by atoms with Crippen LogP contribution >= 0.6 is 7.82 Å². The summed E-state index contributed by atoms with van der Waals surface area (Å²) in [6.07, 6.45) is 47.6. The highest BCUT2D eigenvalue weighted by Crippen LogP contribution is 2.38. The number of phosphoric ester groups is 1. The number of aliphatic hydroxyl groups excluding tert-OH is 1. The van der Waals surface area contributed by atoms with Crippen molar-refractivity contribution >= 4 is 13.7 Å². The van der Waals surface area contributed by atoms with E-state index >= 15 is 0 Å². The Morgan fingerprint density at radius 1 is 0.630 bits per heavy atom. The number of aliphatic hydroxyl groups is 1. The molecule has 0 heterocycles. The molecule has 9 heteroatoms. The minimum Gasteiger partial charge on any atom is -0.756 e. The topological polar surface area (TPSA) is 108 Å². The summed E-state index contributed by atoms with van der Waals surface area (Å²) in [6.45, 7) is 4.05. The lowest BCUT2D eigenvalue weighted by atomic mass is 10.0. The zero-order valence-electron chi connectivity index (χ0n) is 35.9. The number of carbonyl (C=O) groups excluding carboxylic acids is 1. The van der Waals surface area contributed by atoms with Crippen molar-refractivity contribution < 1.29 is 32.9 Å². The molecule has 0 saturated carbocycles. The van der Waals surface area contributed by atoms with Gasteiger partial charge in [-0.05, 0) is 38.5 Å². The third kappa shape index (κ3) is 39.0. The number of likely N-dealkylation sites (N-methyl/N-ethyl adjacent to an activating group) is 1. The molecular formula is C45H87N2O6P. The van der Waals surface area contributed by atoms with Crippen LogP contribution < -0.4 is 10.2 Å². The molecule has 0 aliphatic rings.